The first-order valence-electron chi connectivity index (χ1n) is 6.69. The maximum Gasteiger partial charge on any atom is 0.270 e. The zero-order chi connectivity index (χ0) is 16.2. The van der Waals surface area contributed by atoms with Gasteiger partial charge in [0.1, 0.15) is 11.5 Å². The Morgan fingerprint density at radius 3 is 2.74 bits per heavy atom. The molecule has 0 aliphatic heterocycles. The lowest BCUT2D eigenvalue weighted by Gasteiger charge is -1.96. The Bertz CT molecular complexity index is 851. The molecule has 2 heterocycles. The molecule has 0 saturated carbocycles. The van der Waals surface area contributed by atoms with Crippen LogP contribution >= 0.6 is 11.6 Å². The van der Waals surface area contributed by atoms with Gasteiger partial charge in [-0.25, -0.2) is 0 Å². The summed E-state index contributed by atoms with van der Waals surface area (Å²) in [5, 5.41) is 14.3. The number of hydrogen-bond donors (Lipinski definition) is 1. The third-order valence-electron chi connectivity index (χ3n) is 2.90. The maximum absolute atomic E-state index is 11.7. The van der Waals surface area contributed by atoms with Crippen LogP contribution in [-0.4, -0.2) is 26.1 Å². The number of aromatic nitrogens is 4. The molecule has 0 spiro atoms. The van der Waals surface area contributed by atoms with Crippen molar-refractivity contribution in [2.24, 2.45) is 7.05 Å². The molecule has 8 heteroatoms. The Labute approximate surface area is 136 Å². The number of aryl methyl sites for hydroxylation is 1. The normalized spacial score (nSPS) is 11.0. The predicted octanol–water partition coefficient (Wildman–Crippen LogP) is 2.78. The minimum absolute atomic E-state index is 0.142. The number of amides is 1. The van der Waals surface area contributed by atoms with Crippen molar-refractivity contribution in [3.63, 3.8) is 0 Å². The topological polar surface area (TPSA) is 85.8 Å². The molecule has 0 bridgehead atoms. The number of carbonyl (C=O) groups excluding carboxylic acids is 1. The van der Waals surface area contributed by atoms with Gasteiger partial charge in [0.15, 0.2) is 0 Å². The fourth-order valence-electron chi connectivity index (χ4n) is 1.86. The maximum atomic E-state index is 11.7. The molecule has 116 valence electrons. The third-order valence-corrected chi connectivity index (χ3v) is 3.15. The summed E-state index contributed by atoms with van der Waals surface area (Å²) in [5.41, 5.74) is 0.905. The van der Waals surface area contributed by atoms with Crippen molar-refractivity contribution in [2.75, 3.05) is 5.32 Å². The number of carbonyl (C=O) groups is 1. The van der Waals surface area contributed by atoms with E-state index in [4.69, 9.17) is 16.0 Å². The largest absolute Gasteiger partial charge is 0.457 e. The van der Waals surface area contributed by atoms with E-state index in [-0.39, 0.29) is 11.9 Å². The van der Waals surface area contributed by atoms with Crippen molar-refractivity contribution >= 4 is 29.5 Å². The molecular weight excluding hydrogens is 318 g/mol. The zero-order valence-corrected chi connectivity index (χ0v) is 12.9. The first kappa shape index (κ1) is 15.0. The molecule has 0 aliphatic rings. The van der Waals surface area contributed by atoms with Gasteiger partial charge in [-0.15, -0.1) is 5.10 Å². The summed E-state index contributed by atoms with van der Waals surface area (Å²) in [7, 11) is 1.61. The lowest BCUT2D eigenvalue weighted by Crippen LogP contribution is -2.09. The van der Waals surface area contributed by atoms with E-state index in [1.54, 1.807) is 31.3 Å². The lowest BCUT2D eigenvalue weighted by molar-refractivity contribution is -0.111. The third kappa shape index (κ3) is 3.83. The molecular formula is C15H12ClN5O2. The first-order valence-corrected chi connectivity index (χ1v) is 7.07. The van der Waals surface area contributed by atoms with Crippen LogP contribution in [0.2, 0.25) is 5.02 Å². The molecule has 0 aliphatic carbocycles. The van der Waals surface area contributed by atoms with Gasteiger partial charge in [-0.2, -0.15) is 4.80 Å². The molecule has 7 nitrogen and oxygen atoms in total. The van der Waals surface area contributed by atoms with Crippen LogP contribution in [0.15, 0.2) is 46.9 Å². The zero-order valence-electron chi connectivity index (χ0n) is 12.1. The average molecular weight is 330 g/mol. The molecule has 0 radical (unpaired) electrons. The summed E-state index contributed by atoms with van der Waals surface area (Å²) in [6, 6.07) is 10.9. The SMILES string of the molecule is Cn1nnc(NC(=O)/C=C/c2ccc(-c3ccc(Cl)cc3)o2)n1. The Morgan fingerprint density at radius 2 is 2.04 bits per heavy atom. The minimum Gasteiger partial charge on any atom is -0.457 e. The van der Waals surface area contributed by atoms with Gasteiger partial charge < -0.3 is 4.42 Å². The van der Waals surface area contributed by atoms with Crippen LogP contribution < -0.4 is 5.32 Å². The van der Waals surface area contributed by atoms with E-state index in [1.165, 1.54) is 10.9 Å². The minimum atomic E-state index is -0.373. The number of halogens is 1. The van der Waals surface area contributed by atoms with E-state index in [0.29, 0.717) is 16.5 Å². The number of tetrazole rings is 1. The Balaban J connectivity index is 1.66. The van der Waals surface area contributed by atoms with Gasteiger partial charge >= 0.3 is 0 Å². The molecule has 1 amide bonds. The van der Waals surface area contributed by atoms with Crippen LogP contribution in [0.25, 0.3) is 17.4 Å². The van der Waals surface area contributed by atoms with Crippen LogP contribution in [0.4, 0.5) is 5.95 Å². The Kier molecular flexibility index (Phi) is 4.20. The second kappa shape index (κ2) is 6.45. The average Bonchev–Trinajstić information content (AvgIpc) is 3.15. The van der Waals surface area contributed by atoms with E-state index in [9.17, 15) is 4.79 Å². The van der Waals surface area contributed by atoms with E-state index < -0.39 is 0 Å². The van der Waals surface area contributed by atoms with Gasteiger partial charge in [0, 0.05) is 16.7 Å². The van der Waals surface area contributed by atoms with Crippen LogP contribution in [0.5, 0.6) is 0 Å². The summed E-state index contributed by atoms with van der Waals surface area (Å²) in [5.74, 6) is 1.01. The van der Waals surface area contributed by atoms with Crippen molar-refractivity contribution in [3.8, 4) is 11.3 Å². The molecule has 0 unspecified atom stereocenters. The van der Waals surface area contributed by atoms with Gasteiger partial charge in [0.25, 0.3) is 11.9 Å². The van der Waals surface area contributed by atoms with Crippen molar-refractivity contribution in [3.05, 3.63) is 53.3 Å². The standard InChI is InChI=1S/C15H12ClN5O2/c1-21-19-15(18-20-21)17-14(22)9-7-12-6-8-13(23-12)10-2-4-11(16)5-3-10/h2-9H,1H3,(H,17,19,22)/b9-7+. The van der Waals surface area contributed by atoms with Crippen LogP contribution in [0.1, 0.15) is 5.76 Å². The quantitative estimate of drug-likeness (QED) is 0.744. The van der Waals surface area contributed by atoms with Crippen molar-refractivity contribution in [1.29, 1.82) is 0 Å². The highest BCUT2D eigenvalue weighted by Crippen LogP contribution is 2.24. The van der Waals surface area contributed by atoms with Gasteiger partial charge in [0.05, 0.1) is 7.05 Å². The number of anilines is 1. The van der Waals surface area contributed by atoms with Crippen molar-refractivity contribution in [2.45, 2.75) is 0 Å². The molecule has 0 fully saturated rings. The first-order chi connectivity index (χ1) is 11.1. The summed E-state index contributed by atoms with van der Waals surface area (Å²) < 4.78 is 5.66. The predicted molar refractivity (Wildman–Crippen MR) is 85.6 cm³/mol. The number of hydrogen-bond acceptors (Lipinski definition) is 5. The van der Waals surface area contributed by atoms with Gasteiger partial charge in [-0.3, -0.25) is 10.1 Å². The van der Waals surface area contributed by atoms with E-state index in [2.05, 4.69) is 20.7 Å². The lowest BCUT2D eigenvalue weighted by atomic mass is 10.2. The number of nitrogens with zero attached hydrogens (tertiary/aromatic N) is 4. The van der Waals surface area contributed by atoms with Crippen LogP contribution in [-0.2, 0) is 11.8 Å². The number of furan rings is 1. The van der Waals surface area contributed by atoms with Gasteiger partial charge in [-0.05, 0) is 47.7 Å². The molecule has 3 aromatic rings. The van der Waals surface area contributed by atoms with Gasteiger partial charge in [0.2, 0.25) is 0 Å². The summed E-state index contributed by atoms with van der Waals surface area (Å²) in [6.07, 6.45) is 2.89. The van der Waals surface area contributed by atoms with E-state index >= 15 is 0 Å². The van der Waals surface area contributed by atoms with Gasteiger partial charge in [-0.1, -0.05) is 16.7 Å². The molecule has 1 aromatic carbocycles. The smallest absolute Gasteiger partial charge is 0.270 e. The number of benzene rings is 1. The van der Waals surface area contributed by atoms with Crippen molar-refractivity contribution < 1.29 is 9.21 Å². The molecule has 1 N–H and O–H groups in total. The summed E-state index contributed by atoms with van der Waals surface area (Å²) in [4.78, 5) is 13.0. The number of rotatable bonds is 4. The highest BCUT2D eigenvalue weighted by Gasteiger charge is 2.05. The van der Waals surface area contributed by atoms with E-state index in [1.807, 2.05) is 18.2 Å². The van der Waals surface area contributed by atoms with Crippen LogP contribution in [0.3, 0.4) is 0 Å². The highest BCUT2D eigenvalue weighted by atomic mass is 35.5. The highest BCUT2D eigenvalue weighted by molar-refractivity contribution is 6.30. The monoisotopic (exact) mass is 329 g/mol. The molecule has 3 rings (SSSR count). The second-order valence-electron chi connectivity index (χ2n) is 4.63. The van der Waals surface area contributed by atoms with E-state index in [0.717, 1.165) is 5.56 Å². The van der Waals surface area contributed by atoms with Crippen molar-refractivity contribution in [1.82, 2.24) is 20.2 Å². The fraction of sp³-hybridized carbons (Fsp3) is 0.0667. The summed E-state index contributed by atoms with van der Waals surface area (Å²) in [6.45, 7) is 0. The Hall–Kier alpha value is -2.93. The fourth-order valence-corrected chi connectivity index (χ4v) is 1.98. The molecule has 2 aromatic heterocycles. The second-order valence-corrected chi connectivity index (χ2v) is 5.07. The molecule has 0 atom stereocenters. The summed E-state index contributed by atoms with van der Waals surface area (Å²) >= 11 is 5.85. The molecule has 0 saturated heterocycles. The Morgan fingerprint density at radius 1 is 1.26 bits per heavy atom. The molecule has 23 heavy (non-hydrogen) atoms. The number of nitrogens with one attached hydrogen (secondary N) is 1. The van der Waals surface area contributed by atoms with Crippen LogP contribution in [0, 0.1) is 0 Å².